The van der Waals surface area contributed by atoms with E-state index in [2.05, 4.69) is 18.1 Å². The molecule has 0 saturated carbocycles. The van der Waals surface area contributed by atoms with Crippen LogP contribution in [0.4, 0.5) is 5.82 Å². The summed E-state index contributed by atoms with van der Waals surface area (Å²) < 4.78 is 58.9. The number of nitrogen functional groups attached to an aromatic ring is 1. The predicted molar refractivity (Wildman–Crippen MR) is 126 cm³/mol. The molecule has 202 valence electrons. The monoisotopic (exact) mass is 601 g/mol. The lowest BCUT2D eigenvalue weighted by atomic mass is 10.2. The van der Waals surface area contributed by atoms with Gasteiger partial charge in [0.05, 0.1) is 12.7 Å². The number of anilines is 1. The molecule has 35 heavy (non-hydrogen) atoms. The Balaban J connectivity index is 2.09. The third kappa shape index (κ3) is 11.3. The van der Waals surface area contributed by atoms with Crippen LogP contribution in [0.5, 0.6) is 0 Å². The highest BCUT2D eigenvalue weighted by Crippen LogP contribution is 2.66. The highest BCUT2D eigenvalue weighted by atomic mass is 33.1. The molecule has 6 N–H and O–H groups in total. The molecule has 0 spiro atoms. The zero-order valence-corrected chi connectivity index (χ0v) is 22.9. The van der Waals surface area contributed by atoms with Crippen molar-refractivity contribution < 1.29 is 55.9 Å². The van der Waals surface area contributed by atoms with Crippen LogP contribution in [0, 0.1) is 0 Å². The standard InChI is InChI=1S/C14H26N3O13P3S2/c1-14(2,3)35-34-8-26-9-6-12(17-5-4-11(15)16-13(17)18)28-10(9)7-27-32(22,23)30-33(24,25)29-31(19,20)21/h4-5,9-10,12H,6-8H2,1-3H3,(H,22,23)(H,24,25)(H2,15,16,18)(H2,19,20,21)/t9?,10-,12-/m1/s1. The first kappa shape index (κ1) is 30.9. The molecule has 2 heterocycles. The van der Waals surface area contributed by atoms with E-state index < -0.39 is 54.2 Å². The van der Waals surface area contributed by atoms with Crippen LogP contribution in [0.1, 0.15) is 33.4 Å². The van der Waals surface area contributed by atoms with Crippen LogP contribution in [-0.4, -0.2) is 58.6 Å². The molecule has 1 aromatic rings. The number of nitrogens with zero attached hydrogens (tertiary/aromatic N) is 2. The van der Waals surface area contributed by atoms with Crippen molar-refractivity contribution in [3.05, 3.63) is 22.7 Å². The van der Waals surface area contributed by atoms with Gasteiger partial charge in [0.1, 0.15) is 24.1 Å². The largest absolute Gasteiger partial charge is 0.490 e. The highest BCUT2D eigenvalue weighted by Gasteiger charge is 2.43. The lowest BCUT2D eigenvalue weighted by Crippen LogP contribution is -2.29. The van der Waals surface area contributed by atoms with Gasteiger partial charge in [-0.25, -0.2) is 18.5 Å². The van der Waals surface area contributed by atoms with E-state index in [0.717, 1.165) is 4.57 Å². The number of nitrogens with two attached hydrogens (primary N) is 1. The maximum Gasteiger partial charge on any atom is 0.490 e. The summed E-state index contributed by atoms with van der Waals surface area (Å²) in [5, 5.41) is 0. The van der Waals surface area contributed by atoms with Crippen LogP contribution >= 0.6 is 45.1 Å². The van der Waals surface area contributed by atoms with Gasteiger partial charge >= 0.3 is 29.2 Å². The number of phosphoric ester groups is 1. The zero-order chi connectivity index (χ0) is 26.7. The van der Waals surface area contributed by atoms with Crippen LogP contribution in [-0.2, 0) is 36.3 Å². The van der Waals surface area contributed by atoms with Crippen molar-refractivity contribution in [2.24, 2.45) is 0 Å². The Kier molecular flexibility index (Phi) is 10.6. The molecule has 1 saturated heterocycles. The Morgan fingerprint density at radius 3 is 2.43 bits per heavy atom. The summed E-state index contributed by atoms with van der Waals surface area (Å²) in [7, 11) is -13.6. The molecule has 3 unspecified atom stereocenters. The summed E-state index contributed by atoms with van der Waals surface area (Å²) in [6.45, 7) is 5.29. The summed E-state index contributed by atoms with van der Waals surface area (Å²) in [6.07, 6.45) is -1.27. The van der Waals surface area contributed by atoms with Gasteiger partial charge in [0, 0.05) is 17.4 Å². The van der Waals surface area contributed by atoms with Crippen LogP contribution < -0.4 is 11.4 Å². The van der Waals surface area contributed by atoms with Crippen LogP contribution in [0.3, 0.4) is 0 Å². The molecule has 0 aliphatic carbocycles. The molecule has 0 radical (unpaired) electrons. The number of rotatable bonds is 12. The van der Waals surface area contributed by atoms with Crippen molar-refractivity contribution in [3.8, 4) is 0 Å². The van der Waals surface area contributed by atoms with Gasteiger partial charge in [0.2, 0.25) is 0 Å². The average molecular weight is 601 g/mol. The summed E-state index contributed by atoms with van der Waals surface area (Å²) in [5.41, 5.74) is 4.78. The molecule has 0 amide bonds. The van der Waals surface area contributed by atoms with Crippen molar-refractivity contribution in [2.75, 3.05) is 18.3 Å². The fourth-order valence-corrected chi connectivity index (χ4v) is 7.66. The fraction of sp³-hybridized carbons (Fsp3) is 0.714. The number of hydrogen-bond donors (Lipinski definition) is 5. The second-order valence-electron chi connectivity index (χ2n) is 7.93. The van der Waals surface area contributed by atoms with Gasteiger partial charge in [0.15, 0.2) is 0 Å². The minimum Gasteiger partial charge on any atom is -0.383 e. The fourth-order valence-electron chi connectivity index (χ4n) is 2.63. The molecule has 1 fully saturated rings. The van der Waals surface area contributed by atoms with Gasteiger partial charge in [-0.1, -0.05) is 42.4 Å². The molecule has 21 heteroatoms. The summed E-state index contributed by atoms with van der Waals surface area (Å²) in [5.74, 6) is 0.181. The van der Waals surface area contributed by atoms with Gasteiger partial charge in [-0.3, -0.25) is 9.09 Å². The van der Waals surface area contributed by atoms with Gasteiger partial charge in [-0.05, 0) is 6.07 Å². The Bertz CT molecular complexity index is 1080. The highest BCUT2D eigenvalue weighted by molar-refractivity contribution is 8.77. The van der Waals surface area contributed by atoms with Crippen molar-refractivity contribution >= 4 is 50.9 Å². The van der Waals surface area contributed by atoms with E-state index in [-0.39, 0.29) is 22.9 Å². The van der Waals surface area contributed by atoms with Gasteiger partial charge < -0.3 is 34.8 Å². The molecule has 1 aromatic heterocycles. The number of hydrogen-bond acceptors (Lipinski definition) is 13. The average Bonchev–Trinajstić information content (AvgIpc) is 3.02. The third-order valence-electron chi connectivity index (χ3n) is 3.80. The van der Waals surface area contributed by atoms with Crippen molar-refractivity contribution in [3.63, 3.8) is 0 Å². The van der Waals surface area contributed by atoms with Gasteiger partial charge in [-0.2, -0.15) is 13.6 Å². The first-order chi connectivity index (χ1) is 15.9. The van der Waals surface area contributed by atoms with E-state index >= 15 is 0 Å². The second-order valence-corrected chi connectivity index (χ2v) is 15.4. The van der Waals surface area contributed by atoms with Crippen molar-refractivity contribution in [1.82, 2.24) is 9.55 Å². The molecule has 0 bridgehead atoms. The van der Waals surface area contributed by atoms with E-state index in [0.29, 0.717) is 0 Å². The van der Waals surface area contributed by atoms with E-state index in [4.69, 9.17) is 25.0 Å². The maximum absolute atomic E-state index is 12.2. The SMILES string of the molecule is CC(C)(C)SSCOC1C[C@H](n2ccc(N)nc2=O)O[C@@H]1COP(=O)(O)OP(=O)(O)OP(=O)(O)O. The second kappa shape index (κ2) is 12.0. The van der Waals surface area contributed by atoms with Crippen molar-refractivity contribution in [2.45, 2.75) is 50.4 Å². The smallest absolute Gasteiger partial charge is 0.383 e. The molecule has 16 nitrogen and oxygen atoms in total. The lowest BCUT2D eigenvalue weighted by molar-refractivity contribution is -0.0543. The van der Waals surface area contributed by atoms with Crippen LogP contribution in [0.25, 0.3) is 0 Å². The predicted octanol–water partition coefficient (Wildman–Crippen LogP) is 1.98. The number of ether oxygens (including phenoxy) is 2. The molecule has 1 aliphatic rings. The maximum atomic E-state index is 12.2. The van der Waals surface area contributed by atoms with Gasteiger partial charge in [0.25, 0.3) is 0 Å². The van der Waals surface area contributed by atoms with E-state index in [1.165, 1.54) is 23.1 Å². The van der Waals surface area contributed by atoms with Crippen LogP contribution in [0.15, 0.2) is 17.1 Å². The van der Waals surface area contributed by atoms with E-state index in [1.54, 1.807) is 10.8 Å². The first-order valence-electron chi connectivity index (χ1n) is 9.56. The summed E-state index contributed by atoms with van der Waals surface area (Å²) in [6, 6.07) is 1.37. The van der Waals surface area contributed by atoms with Crippen LogP contribution in [0.2, 0.25) is 0 Å². The first-order valence-corrected chi connectivity index (χ1v) is 16.4. The Labute approximate surface area is 207 Å². The number of aromatic nitrogens is 2. The zero-order valence-electron chi connectivity index (χ0n) is 18.6. The Morgan fingerprint density at radius 1 is 1.20 bits per heavy atom. The Hall–Kier alpha value is -0.290. The Morgan fingerprint density at radius 2 is 1.86 bits per heavy atom. The third-order valence-corrected chi connectivity index (χ3v) is 10.6. The summed E-state index contributed by atoms with van der Waals surface area (Å²) in [4.78, 5) is 52.0. The minimum atomic E-state index is -5.67. The van der Waals surface area contributed by atoms with Crippen molar-refractivity contribution in [1.29, 1.82) is 0 Å². The van der Waals surface area contributed by atoms with E-state index in [1.807, 2.05) is 20.8 Å². The molecule has 0 aromatic carbocycles. The molecule has 5 atom stereocenters. The number of phosphoric acid groups is 3. The van der Waals surface area contributed by atoms with E-state index in [9.17, 15) is 28.3 Å². The van der Waals surface area contributed by atoms with Gasteiger partial charge in [-0.15, -0.1) is 0 Å². The molecular weight excluding hydrogens is 575 g/mol. The topological polar surface area (TPSA) is 239 Å². The molecule has 2 rings (SSSR count). The molecule has 1 aliphatic heterocycles. The minimum absolute atomic E-state index is 0.00291. The lowest BCUT2D eigenvalue weighted by Gasteiger charge is -2.22. The summed E-state index contributed by atoms with van der Waals surface area (Å²) >= 11 is 0. The quantitative estimate of drug-likeness (QED) is 0.0995. The normalized spacial score (nSPS) is 24.7. The molecular formula is C14H26N3O13P3S2.